The number of hydrogen-bond donors (Lipinski definition) is 0. The van der Waals surface area contributed by atoms with E-state index in [2.05, 4.69) is 70.2 Å². The second-order valence-electron chi connectivity index (χ2n) is 14.9. The molecule has 0 saturated heterocycles. The third-order valence-electron chi connectivity index (χ3n) is 12.6. The molecule has 44 heavy (non-hydrogen) atoms. The standard InChI is InChI=1S/C42H50N2/c1-3-11-29(12-4-1)31-19-23-33(24-20-31)43-37-17-9-7-15-35(37)41-39(43)27-28-40-42(41)36-16-8-10-18-38(36)44(40)34-25-21-32(22-26-34)30-13-5-2-6-14-30/h1,3-4,8,11-13,16,25,27,31-33,40H,2,5-7,9-10,14-15,17-24,26,28H2. The monoisotopic (exact) mass is 582 g/mol. The highest BCUT2D eigenvalue weighted by Crippen LogP contribution is 2.47. The fourth-order valence-electron chi connectivity index (χ4n) is 10.5. The van der Waals surface area contributed by atoms with Crippen molar-refractivity contribution in [2.24, 2.45) is 5.92 Å². The number of fused-ring (bicyclic) bond motifs is 5. The molecule has 7 aliphatic rings. The van der Waals surface area contributed by atoms with Crippen molar-refractivity contribution < 1.29 is 0 Å². The summed E-state index contributed by atoms with van der Waals surface area (Å²) in [6.07, 6.45) is 36.5. The van der Waals surface area contributed by atoms with Gasteiger partial charge in [0.2, 0.25) is 0 Å². The first kappa shape index (κ1) is 27.3. The Morgan fingerprint density at radius 3 is 2.36 bits per heavy atom. The first-order valence-electron chi connectivity index (χ1n) is 18.4. The predicted octanol–water partition coefficient (Wildman–Crippen LogP) is 9.07. The molecule has 2 aromatic rings. The molecule has 1 saturated carbocycles. The van der Waals surface area contributed by atoms with Gasteiger partial charge in [-0.1, -0.05) is 66.3 Å². The lowest BCUT2D eigenvalue weighted by molar-refractivity contribution is 0.311. The molecular formula is C42H50N2. The lowest BCUT2D eigenvalue weighted by Gasteiger charge is -2.37. The van der Waals surface area contributed by atoms with Gasteiger partial charge in [0.25, 0.3) is 0 Å². The van der Waals surface area contributed by atoms with Gasteiger partial charge < -0.3 is 9.47 Å². The van der Waals surface area contributed by atoms with E-state index < -0.39 is 0 Å². The summed E-state index contributed by atoms with van der Waals surface area (Å²) in [5.41, 5.74) is 13.4. The molecule has 1 aromatic carbocycles. The molecule has 228 valence electrons. The topological polar surface area (TPSA) is 8.17 Å². The minimum Gasteiger partial charge on any atom is -0.342 e. The molecular weight excluding hydrogens is 532 g/mol. The Bertz CT molecular complexity index is 1680. The number of allylic oxidation sites excluding steroid dienone is 7. The van der Waals surface area contributed by atoms with E-state index >= 15 is 0 Å². The molecule has 0 N–H and O–H groups in total. The van der Waals surface area contributed by atoms with E-state index in [1.165, 1.54) is 109 Å². The highest BCUT2D eigenvalue weighted by atomic mass is 15.2. The van der Waals surface area contributed by atoms with Gasteiger partial charge in [0.1, 0.15) is 0 Å². The van der Waals surface area contributed by atoms with Gasteiger partial charge in [-0.25, -0.2) is 0 Å². The second-order valence-corrected chi connectivity index (χ2v) is 14.9. The Labute approximate surface area is 264 Å². The number of benzene rings is 1. The molecule has 2 atom stereocenters. The molecule has 0 bridgehead atoms. The zero-order chi connectivity index (χ0) is 29.0. The summed E-state index contributed by atoms with van der Waals surface area (Å²) < 4.78 is 2.92. The first-order valence-corrected chi connectivity index (χ1v) is 18.4. The SMILES string of the molecule is C1=CC2=C(CC1)N(C1=CCC(C3=CCCCC3)CC1)C1CC=c3c(c4c(n3C3CCC(c5ccccc5)CC3)CCCC4)=C21. The third kappa shape index (κ3) is 4.49. The maximum Gasteiger partial charge on any atom is 0.0633 e. The van der Waals surface area contributed by atoms with Crippen molar-refractivity contribution >= 4 is 11.6 Å². The van der Waals surface area contributed by atoms with E-state index in [0.717, 1.165) is 18.3 Å². The summed E-state index contributed by atoms with van der Waals surface area (Å²) in [7, 11) is 0. The van der Waals surface area contributed by atoms with Crippen molar-refractivity contribution in [1.29, 1.82) is 0 Å². The molecule has 2 heteroatoms. The summed E-state index contributed by atoms with van der Waals surface area (Å²) in [6, 6.07) is 12.5. The molecule has 1 fully saturated rings. The van der Waals surface area contributed by atoms with Crippen molar-refractivity contribution in [3.05, 3.63) is 105 Å². The summed E-state index contributed by atoms with van der Waals surface area (Å²) in [4.78, 5) is 2.89. The summed E-state index contributed by atoms with van der Waals surface area (Å²) in [6.45, 7) is 0. The van der Waals surface area contributed by atoms with Crippen LogP contribution in [0.2, 0.25) is 0 Å². The predicted molar refractivity (Wildman–Crippen MR) is 183 cm³/mol. The largest absolute Gasteiger partial charge is 0.342 e. The van der Waals surface area contributed by atoms with Crippen LogP contribution in [0.4, 0.5) is 0 Å². The molecule has 6 aliphatic carbocycles. The average Bonchev–Trinajstić information content (AvgIpc) is 3.62. The van der Waals surface area contributed by atoms with Gasteiger partial charge in [0.05, 0.1) is 6.04 Å². The van der Waals surface area contributed by atoms with Crippen LogP contribution in [0.1, 0.15) is 132 Å². The van der Waals surface area contributed by atoms with Crippen molar-refractivity contribution in [2.45, 2.75) is 134 Å². The molecule has 0 spiro atoms. The van der Waals surface area contributed by atoms with Crippen LogP contribution in [0.25, 0.3) is 11.6 Å². The van der Waals surface area contributed by atoms with Crippen molar-refractivity contribution in [2.75, 3.05) is 0 Å². The van der Waals surface area contributed by atoms with E-state index in [9.17, 15) is 0 Å². The summed E-state index contributed by atoms with van der Waals surface area (Å²) >= 11 is 0. The fourth-order valence-corrected chi connectivity index (χ4v) is 10.5. The van der Waals surface area contributed by atoms with Gasteiger partial charge >= 0.3 is 0 Å². The van der Waals surface area contributed by atoms with Gasteiger partial charge in [-0.05, 0) is 150 Å². The Hall–Kier alpha value is -3.00. The van der Waals surface area contributed by atoms with Crippen molar-refractivity contribution in [1.82, 2.24) is 9.47 Å². The Morgan fingerprint density at radius 2 is 1.55 bits per heavy atom. The van der Waals surface area contributed by atoms with Crippen molar-refractivity contribution in [3.63, 3.8) is 0 Å². The summed E-state index contributed by atoms with van der Waals surface area (Å²) in [5, 5.41) is 3.30. The zero-order valence-electron chi connectivity index (χ0n) is 26.7. The number of aromatic nitrogens is 1. The maximum atomic E-state index is 2.92. The number of nitrogens with zero attached hydrogens (tertiary/aromatic N) is 2. The molecule has 9 rings (SSSR count). The van der Waals surface area contributed by atoms with Gasteiger partial charge in [0, 0.05) is 33.7 Å². The number of hydrogen-bond acceptors (Lipinski definition) is 1. The van der Waals surface area contributed by atoms with Gasteiger partial charge in [-0.15, -0.1) is 0 Å². The quantitative estimate of drug-likeness (QED) is 0.327. The lowest BCUT2D eigenvalue weighted by atomic mass is 9.81. The highest BCUT2D eigenvalue weighted by molar-refractivity contribution is 5.81. The van der Waals surface area contributed by atoms with E-state index in [1.54, 1.807) is 55.5 Å². The van der Waals surface area contributed by atoms with Crippen LogP contribution in [0.15, 0.2) is 77.2 Å². The lowest BCUT2D eigenvalue weighted by Crippen LogP contribution is -2.43. The van der Waals surface area contributed by atoms with Crippen LogP contribution >= 0.6 is 0 Å². The van der Waals surface area contributed by atoms with E-state index in [4.69, 9.17) is 0 Å². The first-order chi connectivity index (χ1) is 21.8. The molecule has 1 aliphatic heterocycles. The molecule has 1 aromatic heterocycles. The maximum absolute atomic E-state index is 2.92. The Morgan fingerprint density at radius 1 is 0.682 bits per heavy atom. The van der Waals surface area contributed by atoms with E-state index in [-0.39, 0.29) is 0 Å². The van der Waals surface area contributed by atoms with Crippen LogP contribution in [0.3, 0.4) is 0 Å². The van der Waals surface area contributed by atoms with Gasteiger partial charge in [0.15, 0.2) is 0 Å². The minimum absolute atomic E-state index is 0.502. The fraction of sp³-hybridized carbons (Fsp3) is 0.524. The Balaban J connectivity index is 1.09. The van der Waals surface area contributed by atoms with Crippen LogP contribution in [-0.4, -0.2) is 15.5 Å². The van der Waals surface area contributed by atoms with Gasteiger partial charge in [-0.3, -0.25) is 0 Å². The zero-order valence-corrected chi connectivity index (χ0v) is 26.7. The van der Waals surface area contributed by atoms with E-state index in [1.807, 2.05) is 0 Å². The summed E-state index contributed by atoms with van der Waals surface area (Å²) in [5.74, 6) is 1.53. The highest BCUT2D eigenvalue weighted by Gasteiger charge is 2.41. The number of rotatable bonds is 4. The van der Waals surface area contributed by atoms with Crippen LogP contribution < -0.4 is 10.6 Å². The molecule has 2 nitrogen and oxygen atoms in total. The molecule has 0 amide bonds. The molecule has 2 heterocycles. The smallest absolute Gasteiger partial charge is 0.0633 e. The van der Waals surface area contributed by atoms with Gasteiger partial charge in [-0.2, -0.15) is 0 Å². The Kier molecular flexibility index (Phi) is 7.09. The average molecular weight is 583 g/mol. The molecule has 2 unspecified atom stereocenters. The normalized spacial score (nSPS) is 29.7. The molecule has 0 radical (unpaired) electrons. The van der Waals surface area contributed by atoms with Crippen molar-refractivity contribution in [3.8, 4) is 0 Å². The minimum atomic E-state index is 0.502. The van der Waals surface area contributed by atoms with Crippen LogP contribution in [0, 0.1) is 5.92 Å². The second kappa shape index (κ2) is 11.4. The van der Waals surface area contributed by atoms with E-state index in [0.29, 0.717) is 12.1 Å². The van der Waals surface area contributed by atoms with Crippen LogP contribution in [-0.2, 0) is 12.8 Å². The third-order valence-corrected chi connectivity index (χ3v) is 12.6. The van der Waals surface area contributed by atoms with Crippen LogP contribution in [0.5, 0.6) is 0 Å².